The summed E-state index contributed by atoms with van der Waals surface area (Å²) < 4.78 is 41.9. The monoisotopic (exact) mass is 376 g/mol. The number of sulfonamides is 1. The quantitative estimate of drug-likeness (QED) is 0.606. The Balaban J connectivity index is 1.59. The molecule has 2 N–H and O–H groups in total. The van der Waals surface area contributed by atoms with Crippen molar-refractivity contribution in [2.24, 2.45) is 0 Å². The van der Waals surface area contributed by atoms with Crippen LogP contribution < -0.4 is 10.0 Å². The molecule has 0 aliphatic heterocycles. The van der Waals surface area contributed by atoms with Crippen LogP contribution in [-0.2, 0) is 10.0 Å². The Labute approximate surface area is 150 Å². The normalized spacial score (nSPS) is 11.5. The van der Waals surface area contributed by atoms with Crippen LogP contribution in [0.4, 0.5) is 10.2 Å². The molecule has 1 aromatic carbocycles. The van der Waals surface area contributed by atoms with E-state index >= 15 is 0 Å². The number of aromatic nitrogens is 4. The summed E-state index contributed by atoms with van der Waals surface area (Å²) >= 11 is 0. The van der Waals surface area contributed by atoms with Crippen LogP contribution in [0.1, 0.15) is 5.56 Å². The van der Waals surface area contributed by atoms with Gasteiger partial charge >= 0.3 is 0 Å². The van der Waals surface area contributed by atoms with Crippen LogP contribution in [0.25, 0.3) is 5.82 Å². The van der Waals surface area contributed by atoms with Crippen molar-refractivity contribution in [3.63, 3.8) is 0 Å². The minimum Gasteiger partial charge on any atom is -0.369 e. The van der Waals surface area contributed by atoms with Gasteiger partial charge in [-0.25, -0.2) is 32.2 Å². The minimum absolute atomic E-state index is 0.0690. The highest BCUT2D eigenvalue weighted by Crippen LogP contribution is 2.16. The van der Waals surface area contributed by atoms with E-state index in [0.29, 0.717) is 23.7 Å². The second-order valence-corrected chi connectivity index (χ2v) is 7.18. The van der Waals surface area contributed by atoms with Crippen molar-refractivity contribution in [1.29, 1.82) is 0 Å². The number of aryl methyl sites for hydroxylation is 1. The van der Waals surface area contributed by atoms with E-state index in [1.807, 2.05) is 0 Å². The second-order valence-electron chi connectivity index (χ2n) is 5.45. The number of rotatable bonds is 7. The molecule has 0 bridgehead atoms. The molecule has 0 radical (unpaired) electrons. The highest BCUT2D eigenvalue weighted by atomic mass is 32.2. The first kappa shape index (κ1) is 18.0. The highest BCUT2D eigenvalue weighted by Gasteiger charge is 2.16. The van der Waals surface area contributed by atoms with Gasteiger partial charge in [-0.3, -0.25) is 0 Å². The average Bonchev–Trinajstić information content (AvgIpc) is 3.16. The molecule has 3 rings (SSSR count). The molecule has 2 heterocycles. The molecule has 0 saturated heterocycles. The van der Waals surface area contributed by atoms with Crippen LogP contribution in [0.15, 0.2) is 53.9 Å². The van der Waals surface area contributed by atoms with Gasteiger partial charge in [0, 0.05) is 31.5 Å². The van der Waals surface area contributed by atoms with Crippen LogP contribution in [0.2, 0.25) is 0 Å². The van der Waals surface area contributed by atoms with Crippen molar-refractivity contribution >= 4 is 15.8 Å². The summed E-state index contributed by atoms with van der Waals surface area (Å²) in [5, 5.41) is 7.09. The predicted octanol–water partition coefficient (Wildman–Crippen LogP) is 1.50. The van der Waals surface area contributed by atoms with Gasteiger partial charge in [0.1, 0.15) is 18.0 Å². The van der Waals surface area contributed by atoms with Gasteiger partial charge in [-0.2, -0.15) is 5.10 Å². The lowest BCUT2D eigenvalue weighted by Crippen LogP contribution is -2.29. The van der Waals surface area contributed by atoms with Crippen molar-refractivity contribution in [3.8, 4) is 5.82 Å². The first-order chi connectivity index (χ1) is 12.5. The molecule has 2 aromatic heterocycles. The maximum Gasteiger partial charge on any atom is 0.240 e. The summed E-state index contributed by atoms with van der Waals surface area (Å²) in [6, 6.07) is 7.13. The van der Waals surface area contributed by atoms with Gasteiger partial charge in [0.25, 0.3) is 0 Å². The third kappa shape index (κ3) is 4.21. The van der Waals surface area contributed by atoms with Gasteiger partial charge in [0.2, 0.25) is 10.0 Å². The maximum atomic E-state index is 13.3. The standard InChI is InChI=1S/C16H17FN6O2S/c1-12-3-4-13(17)9-14(12)26(24,25)22-7-6-18-15-10-16(20-11-19-15)23-8-2-5-21-23/h2-5,8-11,22H,6-7H2,1H3,(H,18,19,20). The van der Waals surface area contributed by atoms with E-state index in [9.17, 15) is 12.8 Å². The molecular formula is C16H17FN6O2S. The number of hydrogen-bond acceptors (Lipinski definition) is 6. The van der Waals surface area contributed by atoms with Crippen molar-refractivity contribution in [2.45, 2.75) is 11.8 Å². The van der Waals surface area contributed by atoms with Gasteiger partial charge in [-0.1, -0.05) is 6.07 Å². The van der Waals surface area contributed by atoms with Gasteiger partial charge < -0.3 is 5.32 Å². The average molecular weight is 376 g/mol. The summed E-state index contributed by atoms with van der Waals surface area (Å²) in [6.45, 7) is 2.02. The van der Waals surface area contributed by atoms with Crippen LogP contribution >= 0.6 is 0 Å². The second kappa shape index (κ2) is 7.58. The Morgan fingerprint density at radius 3 is 2.81 bits per heavy atom. The SMILES string of the molecule is Cc1ccc(F)cc1S(=O)(=O)NCCNc1cc(-n2cccn2)ncn1. The molecule has 0 spiro atoms. The molecule has 0 fully saturated rings. The number of hydrogen-bond donors (Lipinski definition) is 2. The molecule has 0 unspecified atom stereocenters. The molecule has 3 aromatic rings. The van der Waals surface area contributed by atoms with E-state index in [1.165, 1.54) is 18.5 Å². The van der Waals surface area contributed by atoms with E-state index in [1.54, 1.807) is 36.1 Å². The number of anilines is 1. The summed E-state index contributed by atoms with van der Waals surface area (Å²) in [6.07, 6.45) is 4.78. The Morgan fingerprint density at radius 1 is 1.19 bits per heavy atom. The topological polar surface area (TPSA) is 102 Å². The first-order valence-corrected chi connectivity index (χ1v) is 9.26. The Morgan fingerprint density at radius 2 is 2.04 bits per heavy atom. The summed E-state index contributed by atoms with van der Waals surface area (Å²) in [5.74, 6) is 0.524. The number of benzene rings is 1. The molecule has 8 nitrogen and oxygen atoms in total. The largest absolute Gasteiger partial charge is 0.369 e. The highest BCUT2D eigenvalue weighted by molar-refractivity contribution is 7.89. The van der Waals surface area contributed by atoms with Crippen LogP contribution in [0, 0.1) is 12.7 Å². The Bertz CT molecular complexity index is 992. The van der Waals surface area contributed by atoms with Crippen LogP contribution in [-0.4, -0.2) is 41.3 Å². The third-order valence-electron chi connectivity index (χ3n) is 3.55. The lowest BCUT2D eigenvalue weighted by Gasteiger charge is -2.10. The molecule has 10 heteroatoms. The summed E-state index contributed by atoms with van der Waals surface area (Å²) in [4.78, 5) is 8.12. The van der Waals surface area contributed by atoms with Crippen molar-refractivity contribution in [2.75, 3.05) is 18.4 Å². The predicted molar refractivity (Wildman–Crippen MR) is 94.0 cm³/mol. The molecular weight excluding hydrogens is 359 g/mol. The Kier molecular flexibility index (Phi) is 5.24. The zero-order valence-corrected chi connectivity index (χ0v) is 14.7. The van der Waals surface area contributed by atoms with Gasteiger partial charge in [0.15, 0.2) is 5.82 Å². The number of nitrogens with zero attached hydrogens (tertiary/aromatic N) is 4. The van der Waals surface area contributed by atoms with E-state index in [-0.39, 0.29) is 11.4 Å². The lowest BCUT2D eigenvalue weighted by molar-refractivity contribution is 0.578. The fourth-order valence-corrected chi connectivity index (χ4v) is 3.58. The minimum atomic E-state index is -3.79. The molecule has 0 amide bonds. The molecule has 0 aliphatic rings. The summed E-state index contributed by atoms with van der Waals surface area (Å²) in [7, 11) is -3.79. The summed E-state index contributed by atoms with van der Waals surface area (Å²) in [5.41, 5.74) is 0.478. The van der Waals surface area contributed by atoms with Crippen molar-refractivity contribution < 1.29 is 12.8 Å². The molecule has 0 aliphatic carbocycles. The molecule has 26 heavy (non-hydrogen) atoms. The zero-order valence-electron chi connectivity index (χ0n) is 13.9. The van der Waals surface area contributed by atoms with E-state index in [2.05, 4.69) is 25.1 Å². The third-order valence-corrected chi connectivity index (χ3v) is 5.16. The van der Waals surface area contributed by atoms with Crippen molar-refractivity contribution in [3.05, 3.63) is 60.4 Å². The van der Waals surface area contributed by atoms with Gasteiger partial charge in [-0.05, 0) is 30.7 Å². The van der Waals surface area contributed by atoms with E-state index < -0.39 is 15.8 Å². The first-order valence-electron chi connectivity index (χ1n) is 7.77. The fraction of sp³-hybridized carbons (Fsp3) is 0.188. The number of halogens is 1. The lowest BCUT2D eigenvalue weighted by atomic mass is 10.2. The molecule has 0 atom stereocenters. The van der Waals surface area contributed by atoms with Crippen LogP contribution in [0.3, 0.4) is 0 Å². The van der Waals surface area contributed by atoms with E-state index in [0.717, 1.165) is 6.07 Å². The fourth-order valence-electron chi connectivity index (χ4n) is 2.29. The van der Waals surface area contributed by atoms with Crippen molar-refractivity contribution in [1.82, 2.24) is 24.5 Å². The van der Waals surface area contributed by atoms with Crippen LogP contribution in [0.5, 0.6) is 0 Å². The number of nitrogens with one attached hydrogen (secondary N) is 2. The smallest absolute Gasteiger partial charge is 0.240 e. The van der Waals surface area contributed by atoms with Gasteiger partial charge in [-0.15, -0.1) is 0 Å². The molecule has 136 valence electrons. The maximum absolute atomic E-state index is 13.3. The zero-order chi connectivity index (χ0) is 18.6. The van der Waals surface area contributed by atoms with E-state index in [4.69, 9.17) is 0 Å². The molecule has 0 saturated carbocycles. The van der Waals surface area contributed by atoms with Gasteiger partial charge in [0.05, 0.1) is 4.90 Å². The Hall–Kier alpha value is -2.85.